The van der Waals surface area contributed by atoms with Crippen molar-refractivity contribution in [2.24, 2.45) is 5.92 Å². The molecule has 2 atom stereocenters. The van der Waals surface area contributed by atoms with Crippen LogP contribution in [0.1, 0.15) is 25.3 Å². The van der Waals surface area contributed by atoms with Crippen LogP contribution in [-0.2, 0) is 16.1 Å². The van der Waals surface area contributed by atoms with E-state index in [1.807, 2.05) is 17.7 Å². The first-order chi connectivity index (χ1) is 9.79. The molecular formula is C13H16N4O3. The fourth-order valence-electron chi connectivity index (χ4n) is 2.45. The lowest BCUT2D eigenvalue weighted by Gasteiger charge is -2.18. The summed E-state index contributed by atoms with van der Waals surface area (Å²) in [4.78, 5) is 16.6. The second kappa shape index (κ2) is 5.46. The highest BCUT2D eigenvalue weighted by atomic mass is 16.5. The number of aryl methyl sites for hydroxylation is 1. The summed E-state index contributed by atoms with van der Waals surface area (Å²) in [5.41, 5.74) is 0. The molecule has 1 aliphatic rings. The molecule has 2 aromatic heterocycles. The Balaban J connectivity index is 1.77. The number of ether oxygens (including phenoxy) is 1. The zero-order valence-corrected chi connectivity index (χ0v) is 11.2. The third-order valence-electron chi connectivity index (χ3n) is 3.46. The van der Waals surface area contributed by atoms with Crippen molar-refractivity contribution >= 4 is 11.7 Å². The summed E-state index contributed by atoms with van der Waals surface area (Å²) in [6.45, 7) is 3.38. The summed E-state index contributed by atoms with van der Waals surface area (Å²) < 4.78 is 12.4. The van der Waals surface area contributed by atoms with Crippen molar-refractivity contribution in [3.63, 3.8) is 0 Å². The Morgan fingerprint density at radius 1 is 1.60 bits per heavy atom. The predicted octanol–water partition coefficient (Wildman–Crippen LogP) is 1.61. The maximum absolute atomic E-state index is 12.3. The van der Waals surface area contributed by atoms with Gasteiger partial charge in [0.15, 0.2) is 5.82 Å². The van der Waals surface area contributed by atoms with Gasteiger partial charge in [-0.3, -0.25) is 4.79 Å². The van der Waals surface area contributed by atoms with Gasteiger partial charge in [0.05, 0.1) is 5.92 Å². The minimum Gasteiger partial charge on any atom is -0.369 e. The zero-order valence-electron chi connectivity index (χ0n) is 11.2. The van der Waals surface area contributed by atoms with Gasteiger partial charge in [-0.25, -0.2) is 4.98 Å². The SMILES string of the molecule is CCn1ccnc1[C@@H]1OCC[C@H]1C(=O)Nc1ccon1. The molecule has 1 N–H and O–H groups in total. The number of hydrogen-bond donors (Lipinski definition) is 1. The molecule has 0 spiro atoms. The molecule has 1 aliphatic heterocycles. The molecule has 2 aromatic rings. The van der Waals surface area contributed by atoms with Crippen LogP contribution in [0.4, 0.5) is 5.82 Å². The van der Waals surface area contributed by atoms with Crippen LogP contribution >= 0.6 is 0 Å². The van der Waals surface area contributed by atoms with E-state index in [9.17, 15) is 4.79 Å². The number of imidazole rings is 1. The maximum atomic E-state index is 12.3. The van der Waals surface area contributed by atoms with Gasteiger partial charge in [-0.05, 0) is 13.3 Å². The normalized spacial score (nSPS) is 22.1. The molecule has 20 heavy (non-hydrogen) atoms. The molecule has 0 aromatic carbocycles. The van der Waals surface area contributed by atoms with E-state index in [2.05, 4.69) is 15.5 Å². The average molecular weight is 276 g/mol. The molecule has 0 radical (unpaired) electrons. The highest BCUT2D eigenvalue weighted by Gasteiger charge is 2.37. The summed E-state index contributed by atoms with van der Waals surface area (Å²) in [5.74, 6) is 0.830. The van der Waals surface area contributed by atoms with Crippen molar-refractivity contribution in [1.82, 2.24) is 14.7 Å². The van der Waals surface area contributed by atoms with E-state index < -0.39 is 0 Å². The summed E-state index contributed by atoms with van der Waals surface area (Å²) in [5, 5.41) is 6.41. The van der Waals surface area contributed by atoms with E-state index in [1.165, 1.54) is 6.26 Å². The van der Waals surface area contributed by atoms with Crippen LogP contribution in [0, 0.1) is 5.92 Å². The lowest BCUT2D eigenvalue weighted by Crippen LogP contribution is -2.27. The van der Waals surface area contributed by atoms with Crippen LogP contribution in [0.15, 0.2) is 29.2 Å². The fraction of sp³-hybridized carbons (Fsp3) is 0.462. The monoisotopic (exact) mass is 276 g/mol. The summed E-state index contributed by atoms with van der Waals surface area (Å²) in [6.07, 6.45) is 5.40. The van der Waals surface area contributed by atoms with Crippen LogP contribution in [0.5, 0.6) is 0 Å². The number of carbonyl (C=O) groups excluding carboxylic acids is 1. The number of carbonyl (C=O) groups is 1. The predicted molar refractivity (Wildman–Crippen MR) is 69.8 cm³/mol. The molecule has 0 aliphatic carbocycles. The van der Waals surface area contributed by atoms with E-state index in [0.29, 0.717) is 18.8 Å². The molecule has 3 rings (SSSR count). The van der Waals surface area contributed by atoms with E-state index >= 15 is 0 Å². The van der Waals surface area contributed by atoms with E-state index in [1.54, 1.807) is 12.3 Å². The molecule has 106 valence electrons. The van der Waals surface area contributed by atoms with Crippen molar-refractivity contribution in [1.29, 1.82) is 0 Å². The highest BCUT2D eigenvalue weighted by molar-refractivity contribution is 5.92. The molecule has 3 heterocycles. The molecule has 0 bridgehead atoms. The van der Waals surface area contributed by atoms with Crippen molar-refractivity contribution in [3.8, 4) is 0 Å². The standard InChI is InChI=1S/C13H16N4O3/c1-2-17-6-5-14-12(17)11-9(3-7-19-11)13(18)15-10-4-8-20-16-10/h4-6,8-9,11H,2-3,7H2,1H3,(H,15,16,18)/t9-,11-/m1/s1. The Labute approximate surface area is 115 Å². The Morgan fingerprint density at radius 2 is 2.50 bits per heavy atom. The van der Waals surface area contributed by atoms with Gasteiger partial charge in [0.2, 0.25) is 5.91 Å². The summed E-state index contributed by atoms with van der Waals surface area (Å²) >= 11 is 0. The first kappa shape index (κ1) is 12.9. The fourth-order valence-corrected chi connectivity index (χ4v) is 2.45. The number of nitrogens with zero attached hydrogens (tertiary/aromatic N) is 3. The van der Waals surface area contributed by atoms with Crippen LogP contribution in [0.25, 0.3) is 0 Å². The number of rotatable bonds is 4. The lowest BCUT2D eigenvalue weighted by atomic mass is 10.00. The number of hydrogen-bond acceptors (Lipinski definition) is 5. The van der Waals surface area contributed by atoms with Crippen molar-refractivity contribution in [3.05, 3.63) is 30.5 Å². The molecule has 7 nitrogen and oxygen atoms in total. The molecular weight excluding hydrogens is 260 g/mol. The van der Waals surface area contributed by atoms with Crippen molar-refractivity contribution in [2.75, 3.05) is 11.9 Å². The highest BCUT2D eigenvalue weighted by Crippen LogP contribution is 2.34. The topological polar surface area (TPSA) is 82.2 Å². The van der Waals surface area contributed by atoms with Crippen LogP contribution in [0.2, 0.25) is 0 Å². The van der Waals surface area contributed by atoms with E-state index in [-0.39, 0.29) is 17.9 Å². The third-order valence-corrected chi connectivity index (χ3v) is 3.46. The smallest absolute Gasteiger partial charge is 0.231 e. The minimum atomic E-state index is -0.308. The molecule has 0 saturated carbocycles. The molecule has 1 fully saturated rings. The van der Waals surface area contributed by atoms with Crippen molar-refractivity contribution < 1.29 is 14.1 Å². The van der Waals surface area contributed by atoms with Gasteiger partial charge in [-0.2, -0.15) is 0 Å². The van der Waals surface area contributed by atoms with Gasteiger partial charge in [0.1, 0.15) is 18.2 Å². The number of amides is 1. The Hall–Kier alpha value is -2.15. The first-order valence-corrected chi connectivity index (χ1v) is 6.63. The Kier molecular flexibility index (Phi) is 3.51. The van der Waals surface area contributed by atoms with Gasteiger partial charge in [0, 0.05) is 31.6 Å². The van der Waals surface area contributed by atoms with E-state index in [0.717, 1.165) is 12.4 Å². The second-order valence-corrected chi connectivity index (χ2v) is 4.63. The third kappa shape index (κ3) is 2.32. The van der Waals surface area contributed by atoms with Gasteiger partial charge in [-0.15, -0.1) is 0 Å². The molecule has 7 heteroatoms. The van der Waals surface area contributed by atoms with Gasteiger partial charge < -0.3 is 19.1 Å². The van der Waals surface area contributed by atoms with Crippen LogP contribution < -0.4 is 5.32 Å². The minimum absolute atomic E-state index is 0.118. The summed E-state index contributed by atoms with van der Waals surface area (Å²) in [6, 6.07) is 1.61. The molecule has 0 unspecified atom stereocenters. The van der Waals surface area contributed by atoms with Crippen molar-refractivity contribution in [2.45, 2.75) is 26.0 Å². The lowest BCUT2D eigenvalue weighted by molar-refractivity contribution is -0.121. The van der Waals surface area contributed by atoms with Gasteiger partial charge in [0.25, 0.3) is 0 Å². The number of anilines is 1. The largest absolute Gasteiger partial charge is 0.369 e. The quantitative estimate of drug-likeness (QED) is 0.917. The van der Waals surface area contributed by atoms with Crippen LogP contribution in [0.3, 0.4) is 0 Å². The number of nitrogens with one attached hydrogen (secondary N) is 1. The summed E-state index contributed by atoms with van der Waals surface area (Å²) in [7, 11) is 0. The number of aromatic nitrogens is 3. The second-order valence-electron chi connectivity index (χ2n) is 4.63. The average Bonchev–Trinajstić information content (AvgIpc) is 3.18. The van der Waals surface area contributed by atoms with E-state index in [4.69, 9.17) is 9.26 Å². The van der Waals surface area contributed by atoms with Crippen LogP contribution in [-0.4, -0.2) is 27.2 Å². The zero-order chi connectivity index (χ0) is 13.9. The Morgan fingerprint density at radius 3 is 3.25 bits per heavy atom. The van der Waals surface area contributed by atoms with Gasteiger partial charge in [-0.1, -0.05) is 5.16 Å². The maximum Gasteiger partial charge on any atom is 0.231 e. The Bertz CT molecular complexity index is 578. The molecule has 1 saturated heterocycles. The van der Waals surface area contributed by atoms with Gasteiger partial charge >= 0.3 is 0 Å². The molecule has 1 amide bonds. The first-order valence-electron chi connectivity index (χ1n) is 6.63.